The van der Waals surface area contributed by atoms with Gasteiger partial charge >= 0.3 is 0 Å². The number of nitrogens with one attached hydrogen (secondary N) is 1. The highest BCUT2D eigenvalue weighted by Gasteiger charge is 2.48. The van der Waals surface area contributed by atoms with Gasteiger partial charge in [0.2, 0.25) is 5.91 Å². The molecular formula is C21H42N4O. The molecule has 5 heteroatoms. The van der Waals surface area contributed by atoms with E-state index in [1.165, 1.54) is 78.0 Å². The molecule has 0 aromatic heterocycles. The van der Waals surface area contributed by atoms with E-state index in [0.29, 0.717) is 11.5 Å². The fourth-order valence-corrected chi connectivity index (χ4v) is 4.60. The Morgan fingerprint density at radius 3 is 2.27 bits per heavy atom. The quantitative estimate of drug-likeness (QED) is 0.783. The summed E-state index contributed by atoms with van der Waals surface area (Å²) in [6.45, 7) is 17.9. The second-order valence-corrected chi connectivity index (χ2v) is 8.79. The zero-order valence-electron chi connectivity index (χ0n) is 17.9. The van der Waals surface area contributed by atoms with E-state index in [1.54, 1.807) is 0 Å². The van der Waals surface area contributed by atoms with Crippen LogP contribution >= 0.6 is 0 Å². The summed E-state index contributed by atoms with van der Waals surface area (Å²) in [5.74, 6) is 0.327. The van der Waals surface area contributed by atoms with E-state index in [0.717, 1.165) is 0 Å². The van der Waals surface area contributed by atoms with Crippen LogP contribution in [0.2, 0.25) is 0 Å². The number of carbonyl (C=O) groups excluding carboxylic acids is 1. The monoisotopic (exact) mass is 366 g/mol. The van der Waals surface area contributed by atoms with Gasteiger partial charge in [-0.2, -0.15) is 0 Å². The smallest absolute Gasteiger partial charge is 0.222 e. The molecule has 152 valence electrons. The van der Waals surface area contributed by atoms with Gasteiger partial charge in [0.15, 0.2) is 0 Å². The van der Waals surface area contributed by atoms with E-state index >= 15 is 0 Å². The van der Waals surface area contributed by atoms with E-state index in [9.17, 15) is 4.79 Å². The Kier molecular flexibility index (Phi) is 8.37. The first-order valence-electron chi connectivity index (χ1n) is 10.9. The molecule has 0 bridgehead atoms. The SMILES string of the molecule is CC.CC(C)C(=O)NC1CC2(CCN(CCCN3CCN(C)CC3)C2)C1. The minimum Gasteiger partial charge on any atom is -0.353 e. The van der Waals surface area contributed by atoms with Crippen LogP contribution in [0.15, 0.2) is 0 Å². The van der Waals surface area contributed by atoms with Crippen molar-refractivity contribution in [3.8, 4) is 0 Å². The third-order valence-electron chi connectivity index (χ3n) is 6.29. The standard InChI is InChI=1S/C19H36N4O.C2H6/c1-16(2)18(24)20-17-13-19(14-17)5-8-23(15-19)7-4-6-22-11-9-21(3)10-12-22;1-2/h16-17H,4-15H2,1-3H3,(H,20,24);1-2H3. The highest BCUT2D eigenvalue weighted by atomic mass is 16.1. The Bertz CT molecular complexity index is 426. The molecule has 3 fully saturated rings. The van der Waals surface area contributed by atoms with Crippen LogP contribution in [-0.4, -0.2) is 86.1 Å². The summed E-state index contributed by atoms with van der Waals surface area (Å²) in [6, 6.07) is 0.435. The summed E-state index contributed by atoms with van der Waals surface area (Å²) >= 11 is 0. The van der Waals surface area contributed by atoms with E-state index in [4.69, 9.17) is 0 Å². The molecule has 1 spiro atoms. The lowest BCUT2D eigenvalue weighted by molar-refractivity contribution is -0.126. The molecule has 2 heterocycles. The lowest BCUT2D eigenvalue weighted by Crippen LogP contribution is -2.52. The van der Waals surface area contributed by atoms with Crippen LogP contribution in [-0.2, 0) is 4.79 Å². The molecule has 0 atom stereocenters. The van der Waals surface area contributed by atoms with Gasteiger partial charge in [0, 0.05) is 44.7 Å². The zero-order chi connectivity index (χ0) is 19.2. The van der Waals surface area contributed by atoms with Gasteiger partial charge in [-0.05, 0) is 57.8 Å². The van der Waals surface area contributed by atoms with Gasteiger partial charge in [0.25, 0.3) is 0 Å². The highest BCUT2D eigenvalue weighted by Crippen LogP contribution is 2.48. The summed E-state index contributed by atoms with van der Waals surface area (Å²) in [5.41, 5.74) is 0.517. The maximum atomic E-state index is 11.8. The second-order valence-electron chi connectivity index (χ2n) is 8.79. The zero-order valence-corrected chi connectivity index (χ0v) is 17.9. The number of hydrogen-bond donors (Lipinski definition) is 1. The molecule has 1 N–H and O–H groups in total. The first-order valence-corrected chi connectivity index (χ1v) is 10.9. The van der Waals surface area contributed by atoms with Crippen LogP contribution in [0.5, 0.6) is 0 Å². The maximum Gasteiger partial charge on any atom is 0.222 e. The summed E-state index contributed by atoms with van der Waals surface area (Å²) in [6.07, 6.45) is 5.02. The lowest BCUT2D eigenvalue weighted by Gasteiger charge is -2.45. The van der Waals surface area contributed by atoms with Gasteiger partial charge in [-0.15, -0.1) is 0 Å². The number of nitrogens with zero attached hydrogens (tertiary/aromatic N) is 3. The first kappa shape index (κ1) is 21.6. The molecule has 2 aliphatic heterocycles. The molecule has 5 nitrogen and oxygen atoms in total. The van der Waals surface area contributed by atoms with Gasteiger partial charge in [-0.25, -0.2) is 0 Å². The fraction of sp³-hybridized carbons (Fsp3) is 0.952. The summed E-state index contributed by atoms with van der Waals surface area (Å²) in [4.78, 5) is 19.5. The van der Waals surface area contributed by atoms with Crippen molar-refractivity contribution in [2.45, 2.75) is 59.4 Å². The Morgan fingerprint density at radius 1 is 1.04 bits per heavy atom. The van der Waals surface area contributed by atoms with Gasteiger partial charge in [-0.1, -0.05) is 27.7 Å². The molecule has 2 saturated heterocycles. The van der Waals surface area contributed by atoms with E-state index in [-0.39, 0.29) is 11.8 Å². The van der Waals surface area contributed by atoms with Gasteiger partial charge in [-0.3, -0.25) is 4.79 Å². The lowest BCUT2D eigenvalue weighted by atomic mass is 9.65. The van der Waals surface area contributed by atoms with Crippen molar-refractivity contribution in [1.29, 1.82) is 0 Å². The average Bonchev–Trinajstić information content (AvgIpc) is 3.02. The van der Waals surface area contributed by atoms with Crippen molar-refractivity contribution < 1.29 is 4.79 Å². The molecule has 0 aromatic rings. The molecule has 1 saturated carbocycles. The molecule has 3 aliphatic rings. The fourth-order valence-electron chi connectivity index (χ4n) is 4.60. The van der Waals surface area contributed by atoms with E-state index in [2.05, 4.69) is 27.1 Å². The van der Waals surface area contributed by atoms with Crippen molar-refractivity contribution in [3.05, 3.63) is 0 Å². The number of likely N-dealkylation sites (tertiary alicyclic amines) is 1. The Labute approximate surface area is 161 Å². The molecule has 1 amide bonds. The normalized spacial score (nSPS) is 30.2. The van der Waals surface area contributed by atoms with Crippen LogP contribution < -0.4 is 5.32 Å². The van der Waals surface area contributed by atoms with E-state index in [1.807, 2.05) is 27.7 Å². The van der Waals surface area contributed by atoms with Crippen LogP contribution in [0.4, 0.5) is 0 Å². The van der Waals surface area contributed by atoms with Crippen molar-refractivity contribution in [2.75, 3.05) is 59.4 Å². The predicted molar refractivity (Wildman–Crippen MR) is 109 cm³/mol. The molecule has 0 radical (unpaired) electrons. The number of piperazine rings is 1. The molecule has 3 rings (SSSR count). The molecular weight excluding hydrogens is 324 g/mol. The van der Waals surface area contributed by atoms with Crippen molar-refractivity contribution in [2.24, 2.45) is 11.3 Å². The van der Waals surface area contributed by atoms with Crippen molar-refractivity contribution >= 4 is 5.91 Å². The summed E-state index contributed by atoms with van der Waals surface area (Å²) in [5, 5.41) is 3.20. The molecule has 26 heavy (non-hydrogen) atoms. The first-order chi connectivity index (χ1) is 12.5. The van der Waals surface area contributed by atoms with Gasteiger partial charge in [0.05, 0.1) is 0 Å². The van der Waals surface area contributed by atoms with Crippen LogP contribution in [0.1, 0.15) is 53.4 Å². The molecule has 0 unspecified atom stereocenters. The molecule has 1 aliphatic carbocycles. The van der Waals surface area contributed by atoms with Crippen LogP contribution in [0, 0.1) is 11.3 Å². The number of hydrogen-bond acceptors (Lipinski definition) is 4. The summed E-state index contributed by atoms with van der Waals surface area (Å²) < 4.78 is 0. The summed E-state index contributed by atoms with van der Waals surface area (Å²) in [7, 11) is 2.22. The number of amides is 1. The topological polar surface area (TPSA) is 38.8 Å². The largest absolute Gasteiger partial charge is 0.353 e. The number of likely N-dealkylation sites (N-methyl/N-ethyl adjacent to an activating group) is 1. The third kappa shape index (κ3) is 5.93. The van der Waals surface area contributed by atoms with Gasteiger partial charge < -0.3 is 20.0 Å². The average molecular weight is 367 g/mol. The molecule has 0 aromatic carbocycles. The van der Waals surface area contributed by atoms with Gasteiger partial charge in [0.1, 0.15) is 0 Å². The van der Waals surface area contributed by atoms with Crippen molar-refractivity contribution in [1.82, 2.24) is 20.0 Å². The predicted octanol–water partition coefficient (Wildman–Crippen LogP) is 2.28. The van der Waals surface area contributed by atoms with Crippen LogP contribution in [0.3, 0.4) is 0 Å². The van der Waals surface area contributed by atoms with E-state index < -0.39 is 0 Å². The van der Waals surface area contributed by atoms with Crippen LogP contribution in [0.25, 0.3) is 0 Å². The third-order valence-corrected chi connectivity index (χ3v) is 6.29. The minimum atomic E-state index is 0.108. The maximum absolute atomic E-state index is 11.8. The second kappa shape index (κ2) is 10.0. The number of rotatable bonds is 6. The highest BCUT2D eigenvalue weighted by molar-refractivity contribution is 5.78. The Morgan fingerprint density at radius 2 is 1.65 bits per heavy atom. The Balaban J connectivity index is 0.00000117. The van der Waals surface area contributed by atoms with Crippen molar-refractivity contribution in [3.63, 3.8) is 0 Å². The Hall–Kier alpha value is -0.650. The number of carbonyl (C=O) groups is 1. The minimum absolute atomic E-state index is 0.108.